The second kappa shape index (κ2) is 10.8. The average Bonchev–Trinajstić information content (AvgIpc) is 3.66. The number of benzene rings is 4. The summed E-state index contributed by atoms with van der Waals surface area (Å²) in [5, 5.41) is 7.09. The van der Waals surface area contributed by atoms with Gasteiger partial charge in [0.15, 0.2) is 5.76 Å². The number of anilines is 1. The Morgan fingerprint density at radius 1 is 0.795 bits per heavy atom. The van der Waals surface area contributed by atoms with E-state index in [1.807, 2.05) is 48.5 Å². The summed E-state index contributed by atoms with van der Waals surface area (Å²) in [6, 6.07) is 38.1. The second-order valence-electron chi connectivity index (χ2n) is 9.35. The van der Waals surface area contributed by atoms with Crippen LogP contribution in [0, 0.1) is 5.82 Å². The van der Waals surface area contributed by atoms with Crippen molar-refractivity contribution in [2.75, 3.05) is 5.01 Å². The summed E-state index contributed by atoms with van der Waals surface area (Å²) in [5.41, 5.74) is 5.97. The minimum absolute atomic E-state index is 0.0960. The Kier molecular flexibility index (Phi) is 6.71. The average molecular weight is 513 g/mol. The smallest absolute Gasteiger partial charge is 0.221 e. The van der Waals surface area contributed by atoms with Crippen molar-refractivity contribution in [1.82, 2.24) is 0 Å². The van der Waals surface area contributed by atoms with Crippen molar-refractivity contribution < 1.29 is 13.6 Å². The fraction of sp³-hybridized carbons (Fsp3) is 0.0588. The van der Waals surface area contributed by atoms with Crippen molar-refractivity contribution in [2.45, 2.75) is 12.5 Å². The maximum absolute atomic E-state index is 13.2. The molecule has 5 heteroatoms. The summed E-state index contributed by atoms with van der Waals surface area (Å²) in [7, 11) is 0. The van der Waals surface area contributed by atoms with Crippen LogP contribution in [0.4, 0.5) is 10.1 Å². The number of hydrogen-bond acceptors (Lipinski definition) is 4. The molecule has 0 aliphatic carbocycles. The largest absolute Gasteiger partial charge is 0.453 e. The molecule has 0 radical (unpaired) electrons. The van der Waals surface area contributed by atoms with E-state index in [2.05, 4.69) is 41.4 Å². The number of hydrazone groups is 1. The summed E-state index contributed by atoms with van der Waals surface area (Å²) in [4.78, 5) is 12.7. The standard InChI is InChI=1S/C34H25FN2O2/c35-28-16-14-27(15-17-28)33-21-22-34(39-33)32(38)20-13-24-11-18-29(19-12-24)37-31(26-9-5-2-6-10-26)23-30(36-37)25-7-3-1-4-8-25/h1-22,31H,23H2. The van der Waals surface area contributed by atoms with Crippen LogP contribution >= 0.6 is 0 Å². The van der Waals surface area contributed by atoms with E-state index in [4.69, 9.17) is 9.52 Å². The minimum atomic E-state index is -0.320. The van der Waals surface area contributed by atoms with E-state index in [-0.39, 0.29) is 23.4 Å². The molecule has 1 aliphatic heterocycles. The lowest BCUT2D eigenvalue weighted by Gasteiger charge is -2.24. The van der Waals surface area contributed by atoms with Crippen LogP contribution in [0.5, 0.6) is 0 Å². The van der Waals surface area contributed by atoms with Gasteiger partial charge in [0.05, 0.1) is 17.4 Å². The number of carbonyl (C=O) groups excluding carboxylic acids is 1. The lowest BCUT2D eigenvalue weighted by molar-refractivity contribution is 0.102. The van der Waals surface area contributed by atoms with Crippen LogP contribution in [-0.4, -0.2) is 11.5 Å². The van der Waals surface area contributed by atoms with Gasteiger partial charge in [-0.15, -0.1) is 0 Å². The van der Waals surface area contributed by atoms with Crippen LogP contribution in [0.1, 0.15) is 39.7 Å². The Hall–Kier alpha value is -5.03. The number of furan rings is 1. The van der Waals surface area contributed by atoms with Gasteiger partial charge in [0, 0.05) is 12.0 Å². The first-order valence-electron chi connectivity index (χ1n) is 12.8. The molecule has 0 saturated carbocycles. The van der Waals surface area contributed by atoms with Crippen molar-refractivity contribution in [1.29, 1.82) is 0 Å². The zero-order chi connectivity index (χ0) is 26.6. The van der Waals surface area contributed by atoms with Gasteiger partial charge in [0.25, 0.3) is 0 Å². The fourth-order valence-corrected chi connectivity index (χ4v) is 4.72. The summed E-state index contributed by atoms with van der Waals surface area (Å²) < 4.78 is 18.9. The van der Waals surface area contributed by atoms with Gasteiger partial charge >= 0.3 is 0 Å². The molecule has 0 fully saturated rings. The molecule has 5 aromatic rings. The fourth-order valence-electron chi connectivity index (χ4n) is 4.72. The first-order chi connectivity index (χ1) is 19.1. The number of carbonyl (C=O) groups is 1. The van der Waals surface area contributed by atoms with Gasteiger partial charge in [-0.2, -0.15) is 5.10 Å². The summed E-state index contributed by atoms with van der Waals surface area (Å²) in [5.74, 6) is 0.186. The second-order valence-corrected chi connectivity index (χ2v) is 9.35. The lowest BCUT2D eigenvalue weighted by atomic mass is 9.98. The van der Waals surface area contributed by atoms with Crippen LogP contribution in [0.3, 0.4) is 0 Å². The third-order valence-corrected chi connectivity index (χ3v) is 6.76. The van der Waals surface area contributed by atoms with Crippen LogP contribution in [0.15, 0.2) is 137 Å². The molecule has 0 saturated heterocycles. The molecule has 0 amide bonds. The van der Waals surface area contributed by atoms with E-state index in [1.54, 1.807) is 30.3 Å². The van der Waals surface area contributed by atoms with Gasteiger partial charge in [0.1, 0.15) is 11.6 Å². The molecular weight excluding hydrogens is 487 g/mol. The maximum atomic E-state index is 13.2. The van der Waals surface area contributed by atoms with Gasteiger partial charge in [-0.25, -0.2) is 4.39 Å². The summed E-state index contributed by atoms with van der Waals surface area (Å²) >= 11 is 0. The van der Waals surface area contributed by atoms with Crippen molar-refractivity contribution >= 4 is 23.3 Å². The van der Waals surface area contributed by atoms with E-state index in [9.17, 15) is 9.18 Å². The molecule has 0 bridgehead atoms. The van der Waals surface area contributed by atoms with Crippen molar-refractivity contribution in [3.63, 3.8) is 0 Å². The van der Waals surface area contributed by atoms with Gasteiger partial charge in [-0.1, -0.05) is 78.9 Å². The van der Waals surface area contributed by atoms with Gasteiger partial charge in [0.2, 0.25) is 5.78 Å². The van der Waals surface area contributed by atoms with E-state index >= 15 is 0 Å². The molecule has 1 atom stereocenters. The molecule has 0 spiro atoms. The SMILES string of the molecule is O=C(C=Cc1ccc(N2N=C(c3ccccc3)CC2c2ccccc2)cc1)c1ccc(-c2ccc(F)cc2)o1. The van der Waals surface area contributed by atoms with Crippen LogP contribution in [-0.2, 0) is 0 Å². The molecular formula is C34H25FN2O2. The quantitative estimate of drug-likeness (QED) is 0.163. The molecule has 1 aliphatic rings. The number of hydrogen-bond donors (Lipinski definition) is 0. The van der Waals surface area contributed by atoms with Gasteiger partial charge < -0.3 is 4.42 Å². The summed E-state index contributed by atoms with van der Waals surface area (Å²) in [6.07, 6.45) is 4.08. The highest BCUT2D eigenvalue weighted by Gasteiger charge is 2.29. The Balaban J connectivity index is 1.20. The normalized spacial score (nSPS) is 15.1. The Morgan fingerprint density at radius 2 is 1.49 bits per heavy atom. The monoisotopic (exact) mass is 512 g/mol. The molecule has 4 aromatic carbocycles. The van der Waals surface area contributed by atoms with Gasteiger partial charge in [-0.3, -0.25) is 9.80 Å². The van der Waals surface area contributed by atoms with E-state index in [0.717, 1.165) is 28.9 Å². The molecule has 1 aromatic heterocycles. The molecule has 4 nitrogen and oxygen atoms in total. The molecule has 6 rings (SSSR count). The first-order valence-corrected chi connectivity index (χ1v) is 12.8. The highest BCUT2D eigenvalue weighted by atomic mass is 19.1. The predicted molar refractivity (Wildman–Crippen MR) is 153 cm³/mol. The number of nitrogens with zero attached hydrogens (tertiary/aromatic N) is 2. The molecule has 0 N–H and O–H groups in total. The number of allylic oxidation sites excluding steroid dienone is 1. The molecule has 1 unspecified atom stereocenters. The number of ketones is 1. The van der Waals surface area contributed by atoms with Crippen LogP contribution < -0.4 is 5.01 Å². The zero-order valence-electron chi connectivity index (χ0n) is 21.1. The number of halogens is 1. The lowest BCUT2D eigenvalue weighted by Crippen LogP contribution is -2.18. The van der Waals surface area contributed by atoms with Crippen molar-refractivity contribution in [2.24, 2.45) is 5.10 Å². The van der Waals surface area contributed by atoms with Crippen molar-refractivity contribution in [3.05, 3.63) is 156 Å². The van der Waals surface area contributed by atoms with E-state index in [0.29, 0.717) is 11.3 Å². The zero-order valence-corrected chi connectivity index (χ0v) is 21.1. The van der Waals surface area contributed by atoms with Crippen molar-refractivity contribution in [3.8, 4) is 11.3 Å². The highest BCUT2D eigenvalue weighted by molar-refractivity contribution is 6.05. The maximum Gasteiger partial charge on any atom is 0.221 e. The first kappa shape index (κ1) is 24.3. The third-order valence-electron chi connectivity index (χ3n) is 6.76. The van der Waals surface area contributed by atoms with Gasteiger partial charge in [-0.05, 0) is 71.3 Å². The number of rotatable bonds is 7. The molecule has 2 heterocycles. The molecule has 39 heavy (non-hydrogen) atoms. The Morgan fingerprint density at radius 3 is 2.21 bits per heavy atom. The third kappa shape index (κ3) is 5.34. The topological polar surface area (TPSA) is 45.8 Å². The predicted octanol–water partition coefficient (Wildman–Crippen LogP) is 8.34. The summed E-state index contributed by atoms with van der Waals surface area (Å²) in [6.45, 7) is 0. The Labute approximate surface area is 226 Å². The van der Waals surface area contributed by atoms with E-state index < -0.39 is 0 Å². The van der Waals surface area contributed by atoms with E-state index in [1.165, 1.54) is 23.8 Å². The highest BCUT2D eigenvalue weighted by Crippen LogP contribution is 2.36. The van der Waals surface area contributed by atoms with Crippen LogP contribution in [0.25, 0.3) is 17.4 Å². The molecule has 190 valence electrons. The van der Waals surface area contributed by atoms with Crippen LogP contribution in [0.2, 0.25) is 0 Å². The Bertz CT molecular complexity index is 1640. The minimum Gasteiger partial charge on any atom is -0.453 e.